The van der Waals surface area contributed by atoms with Crippen LogP contribution in [0.2, 0.25) is 0 Å². The molecule has 1 aliphatic heterocycles. The molecule has 0 radical (unpaired) electrons. The second-order valence-corrected chi connectivity index (χ2v) is 8.27. The van der Waals surface area contributed by atoms with Crippen LogP contribution >= 0.6 is 0 Å². The molecule has 0 aromatic carbocycles. The first kappa shape index (κ1) is 12.9. The SMILES string of the molecule is CCCS(=O)(=O)N(C)C1CCS(=O)(=O)C1. The summed E-state index contributed by atoms with van der Waals surface area (Å²) in [6, 6.07) is -0.369. The first-order chi connectivity index (χ1) is 6.78. The summed E-state index contributed by atoms with van der Waals surface area (Å²) in [5.74, 6) is 0.149. The highest BCUT2D eigenvalue weighted by molar-refractivity contribution is 7.92. The van der Waals surface area contributed by atoms with Crippen LogP contribution in [0.25, 0.3) is 0 Å². The van der Waals surface area contributed by atoms with Crippen LogP contribution in [0.1, 0.15) is 19.8 Å². The highest BCUT2D eigenvalue weighted by atomic mass is 32.2. The van der Waals surface area contributed by atoms with Gasteiger partial charge in [0.25, 0.3) is 0 Å². The molecule has 1 heterocycles. The lowest BCUT2D eigenvalue weighted by atomic mass is 10.3. The fourth-order valence-electron chi connectivity index (χ4n) is 1.69. The van der Waals surface area contributed by atoms with E-state index in [1.54, 1.807) is 6.92 Å². The summed E-state index contributed by atoms with van der Waals surface area (Å²) in [7, 11) is -4.83. The maximum atomic E-state index is 11.7. The third kappa shape index (κ3) is 3.15. The van der Waals surface area contributed by atoms with Gasteiger partial charge in [-0.1, -0.05) is 6.92 Å². The topological polar surface area (TPSA) is 71.5 Å². The smallest absolute Gasteiger partial charge is 0.214 e. The Morgan fingerprint density at radius 1 is 1.40 bits per heavy atom. The summed E-state index contributed by atoms with van der Waals surface area (Å²) in [5, 5.41) is 0. The highest BCUT2D eigenvalue weighted by Gasteiger charge is 2.35. The maximum absolute atomic E-state index is 11.7. The minimum Gasteiger partial charge on any atom is -0.229 e. The fraction of sp³-hybridized carbons (Fsp3) is 1.00. The number of sulfonamides is 1. The molecule has 15 heavy (non-hydrogen) atoms. The van der Waals surface area contributed by atoms with Gasteiger partial charge in [0.1, 0.15) is 0 Å². The summed E-state index contributed by atoms with van der Waals surface area (Å²) in [6.45, 7) is 1.79. The molecule has 1 unspecified atom stereocenters. The molecule has 7 heteroatoms. The Morgan fingerprint density at radius 2 is 2.00 bits per heavy atom. The van der Waals surface area contributed by atoms with E-state index in [1.807, 2.05) is 0 Å². The van der Waals surface area contributed by atoms with Gasteiger partial charge < -0.3 is 0 Å². The lowest BCUT2D eigenvalue weighted by Gasteiger charge is -2.22. The molecule has 1 aliphatic rings. The molecule has 0 amide bonds. The molecule has 5 nitrogen and oxygen atoms in total. The van der Waals surface area contributed by atoms with Gasteiger partial charge in [0, 0.05) is 13.1 Å². The minimum absolute atomic E-state index is 0.0353. The molecule has 1 rings (SSSR count). The molecule has 1 fully saturated rings. The van der Waals surface area contributed by atoms with Crippen molar-refractivity contribution < 1.29 is 16.8 Å². The largest absolute Gasteiger partial charge is 0.229 e. The van der Waals surface area contributed by atoms with E-state index >= 15 is 0 Å². The molecule has 1 saturated heterocycles. The Balaban J connectivity index is 2.75. The summed E-state index contributed by atoms with van der Waals surface area (Å²) >= 11 is 0. The molecule has 0 aliphatic carbocycles. The van der Waals surface area contributed by atoms with E-state index in [-0.39, 0.29) is 23.3 Å². The summed E-state index contributed by atoms with van der Waals surface area (Å²) in [4.78, 5) is 0. The Labute approximate surface area is 91.4 Å². The van der Waals surface area contributed by atoms with Crippen LogP contribution in [-0.4, -0.2) is 51.5 Å². The van der Waals surface area contributed by atoms with Crippen molar-refractivity contribution in [1.82, 2.24) is 4.31 Å². The van der Waals surface area contributed by atoms with Crippen molar-refractivity contribution in [3.63, 3.8) is 0 Å². The van der Waals surface area contributed by atoms with Crippen LogP contribution in [0.3, 0.4) is 0 Å². The zero-order valence-electron chi connectivity index (χ0n) is 9.01. The normalized spacial score (nSPS) is 25.9. The van der Waals surface area contributed by atoms with E-state index in [4.69, 9.17) is 0 Å². The molecule has 1 atom stereocenters. The van der Waals surface area contributed by atoms with E-state index in [1.165, 1.54) is 11.4 Å². The average molecular weight is 255 g/mol. The number of hydrogen-bond donors (Lipinski definition) is 0. The van der Waals surface area contributed by atoms with E-state index in [2.05, 4.69) is 0 Å². The molecule has 90 valence electrons. The van der Waals surface area contributed by atoms with Gasteiger partial charge in [-0.15, -0.1) is 0 Å². The van der Waals surface area contributed by atoms with Crippen molar-refractivity contribution in [2.75, 3.05) is 24.3 Å². The molecule has 0 spiro atoms. The van der Waals surface area contributed by atoms with E-state index in [9.17, 15) is 16.8 Å². The van der Waals surface area contributed by atoms with Crippen LogP contribution in [0.5, 0.6) is 0 Å². The number of rotatable bonds is 4. The zero-order valence-corrected chi connectivity index (χ0v) is 10.6. The summed E-state index contributed by atoms with van der Waals surface area (Å²) in [6.07, 6.45) is 0.966. The van der Waals surface area contributed by atoms with E-state index < -0.39 is 19.9 Å². The number of sulfone groups is 1. The van der Waals surface area contributed by atoms with Gasteiger partial charge in [0.2, 0.25) is 10.0 Å². The van der Waals surface area contributed by atoms with Crippen molar-refractivity contribution >= 4 is 19.9 Å². The van der Waals surface area contributed by atoms with Gasteiger partial charge in [0.05, 0.1) is 17.3 Å². The van der Waals surface area contributed by atoms with E-state index in [0.717, 1.165) is 0 Å². The van der Waals surface area contributed by atoms with Gasteiger partial charge >= 0.3 is 0 Å². The summed E-state index contributed by atoms with van der Waals surface area (Å²) < 4.78 is 47.0. The Kier molecular flexibility index (Phi) is 3.78. The van der Waals surface area contributed by atoms with Crippen LogP contribution in [0.4, 0.5) is 0 Å². The second kappa shape index (κ2) is 4.39. The molecular weight excluding hydrogens is 238 g/mol. The zero-order chi connectivity index (χ0) is 11.7. The Bertz CT molecular complexity index is 412. The molecular formula is C8H17NO4S2. The van der Waals surface area contributed by atoms with Gasteiger partial charge in [-0.2, -0.15) is 0 Å². The predicted molar refractivity (Wildman–Crippen MR) is 58.9 cm³/mol. The third-order valence-corrected chi connectivity index (χ3v) is 6.47. The minimum atomic E-state index is -3.28. The first-order valence-corrected chi connectivity index (χ1v) is 8.37. The highest BCUT2D eigenvalue weighted by Crippen LogP contribution is 2.19. The molecule has 0 aromatic rings. The summed E-state index contributed by atoms with van der Waals surface area (Å²) in [5.41, 5.74) is 0. The van der Waals surface area contributed by atoms with Gasteiger partial charge in [0.15, 0.2) is 9.84 Å². The molecule has 0 saturated carbocycles. The van der Waals surface area contributed by atoms with Crippen molar-refractivity contribution in [2.45, 2.75) is 25.8 Å². The average Bonchev–Trinajstić information content (AvgIpc) is 2.44. The second-order valence-electron chi connectivity index (χ2n) is 3.89. The lowest BCUT2D eigenvalue weighted by Crippen LogP contribution is -2.39. The Morgan fingerprint density at radius 3 is 2.40 bits per heavy atom. The van der Waals surface area contributed by atoms with Crippen molar-refractivity contribution in [2.24, 2.45) is 0 Å². The van der Waals surface area contributed by atoms with Crippen LogP contribution < -0.4 is 0 Å². The van der Waals surface area contributed by atoms with Gasteiger partial charge in [-0.05, 0) is 12.8 Å². The van der Waals surface area contributed by atoms with Crippen LogP contribution in [0.15, 0.2) is 0 Å². The van der Waals surface area contributed by atoms with Crippen molar-refractivity contribution in [3.8, 4) is 0 Å². The monoisotopic (exact) mass is 255 g/mol. The molecule has 0 aromatic heterocycles. The molecule has 0 N–H and O–H groups in total. The van der Waals surface area contributed by atoms with Crippen LogP contribution in [-0.2, 0) is 19.9 Å². The maximum Gasteiger partial charge on any atom is 0.214 e. The number of hydrogen-bond acceptors (Lipinski definition) is 4. The van der Waals surface area contributed by atoms with Crippen molar-refractivity contribution in [1.29, 1.82) is 0 Å². The van der Waals surface area contributed by atoms with E-state index in [0.29, 0.717) is 12.8 Å². The van der Waals surface area contributed by atoms with Crippen molar-refractivity contribution in [3.05, 3.63) is 0 Å². The predicted octanol–water partition coefficient (Wildman–Crippen LogP) is -0.155. The third-order valence-electron chi connectivity index (χ3n) is 2.62. The van der Waals surface area contributed by atoms with Crippen LogP contribution in [0, 0.1) is 0 Å². The standard InChI is InChI=1S/C8H17NO4S2/c1-3-5-15(12,13)9(2)8-4-6-14(10,11)7-8/h8H,3-7H2,1-2H3. The van der Waals surface area contributed by atoms with Gasteiger partial charge in [-0.3, -0.25) is 0 Å². The Hall–Kier alpha value is -0.140. The molecule has 0 bridgehead atoms. The lowest BCUT2D eigenvalue weighted by molar-refractivity contribution is 0.393. The first-order valence-electron chi connectivity index (χ1n) is 4.94. The fourth-order valence-corrected chi connectivity index (χ4v) is 5.00. The van der Waals surface area contributed by atoms with Gasteiger partial charge in [-0.25, -0.2) is 21.1 Å². The quantitative estimate of drug-likeness (QED) is 0.700. The number of nitrogens with zero attached hydrogens (tertiary/aromatic N) is 1.